The molecule has 1 N–H and O–H groups in total. The number of nitrogens with one attached hydrogen (secondary N) is 1. The number of anilines is 1. The minimum Gasteiger partial charge on any atom is -0.352 e. The van der Waals surface area contributed by atoms with Gasteiger partial charge in [0.05, 0.1) is 11.9 Å². The van der Waals surface area contributed by atoms with E-state index in [0.717, 1.165) is 47.4 Å². The number of hydrogen-bond donors (Lipinski definition) is 1. The molecule has 1 saturated carbocycles. The van der Waals surface area contributed by atoms with Crippen LogP contribution in [0.15, 0.2) is 48.5 Å². The van der Waals surface area contributed by atoms with Crippen molar-refractivity contribution < 1.29 is 18.0 Å². The van der Waals surface area contributed by atoms with E-state index in [0.29, 0.717) is 17.1 Å². The lowest BCUT2D eigenvalue weighted by molar-refractivity contribution is -0.140. The molecule has 7 nitrogen and oxygen atoms in total. The molecule has 0 aliphatic heterocycles. The molecule has 1 atom stereocenters. The van der Waals surface area contributed by atoms with Crippen LogP contribution < -0.4 is 9.62 Å². The molecule has 196 valence electrons. The van der Waals surface area contributed by atoms with Crippen LogP contribution in [0.25, 0.3) is 0 Å². The number of nitrogens with zero attached hydrogens (tertiary/aromatic N) is 2. The molecule has 1 unspecified atom stereocenters. The highest BCUT2D eigenvalue weighted by atomic mass is 35.5. The second-order valence-corrected chi connectivity index (χ2v) is 11.9. The van der Waals surface area contributed by atoms with Crippen molar-refractivity contribution in [1.29, 1.82) is 0 Å². The summed E-state index contributed by atoms with van der Waals surface area (Å²) in [7, 11) is -3.75. The van der Waals surface area contributed by atoms with Crippen molar-refractivity contribution in [3.63, 3.8) is 0 Å². The Balaban J connectivity index is 1.90. The monoisotopic (exact) mass is 533 g/mol. The molecule has 1 aliphatic rings. The van der Waals surface area contributed by atoms with Crippen molar-refractivity contribution in [3.8, 4) is 0 Å². The van der Waals surface area contributed by atoms with E-state index in [1.165, 1.54) is 11.3 Å². The van der Waals surface area contributed by atoms with Gasteiger partial charge in [-0.1, -0.05) is 62.1 Å². The van der Waals surface area contributed by atoms with E-state index in [2.05, 4.69) is 5.32 Å². The summed E-state index contributed by atoms with van der Waals surface area (Å²) in [6.45, 7) is 3.49. The molecule has 36 heavy (non-hydrogen) atoms. The smallest absolute Gasteiger partial charge is 0.244 e. The van der Waals surface area contributed by atoms with Crippen LogP contribution in [-0.2, 0) is 26.2 Å². The lowest BCUT2D eigenvalue weighted by Gasteiger charge is -2.34. The maximum absolute atomic E-state index is 13.7. The van der Waals surface area contributed by atoms with Gasteiger partial charge in [0.25, 0.3) is 0 Å². The Morgan fingerprint density at radius 1 is 1.08 bits per heavy atom. The third-order valence-electron chi connectivity index (χ3n) is 6.57. The third kappa shape index (κ3) is 7.71. The van der Waals surface area contributed by atoms with Crippen LogP contribution in [0, 0.1) is 6.92 Å². The summed E-state index contributed by atoms with van der Waals surface area (Å²) in [6, 6.07) is 13.5. The number of sulfonamides is 1. The predicted molar refractivity (Wildman–Crippen MR) is 144 cm³/mol. The second-order valence-electron chi connectivity index (χ2n) is 9.52. The first-order chi connectivity index (χ1) is 17.1. The summed E-state index contributed by atoms with van der Waals surface area (Å²) in [6.07, 6.45) is 6.68. The molecule has 0 bridgehead atoms. The maximum atomic E-state index is 13.7. The average molecular weight is 534 g/mol. The molecule has 9 heteroatoms. The predicted octanol–water partition coefficient (Wildman–Crippen LogP) is 4.67. The van der Waals surface area contributed by atoms with Crippen LogP contribution in [0.5, 0.6) is 0 Å². The van der Waals surface area contributed by atoms with Crippen molar-refractivity contribution in [1.82, 2.24) is 10.2 Å². The summed E-state index contributed by atoms with van der Waals surface area (Å²) in [4.78, 5) is 28.6. The van der Waals surface area contributed by atoms with Gasteiger partial charge >= 0.3 is 0 Å². The van der Waals surface area contributed by atoms with Crippen LogP contribution in [0.4, 0.5) is 5.69 Å². The van der Waals surface area contributed by atoms with E-state index in [-0.39, 0.29) is 18.5 Å². The van der Waals surface area contributed by atoms with Gasteiger partial charge in [-0.15, -0.1) is 0 Å². The quantitative estimate of drug-likeness (QED) is 0.481. The normalized spacial score (nSPS) is 15.2. The standard InChI is InChI=1S/C27H36ClN3O4S/c1-4-25(27(33)29-23-10-6-5-7-11-23)30(18-21-13-15-22(28)16-14-21)26(32)19-31(36(3,34)35)24-12-8-9-20(2)17-24/h8-9,12-17,23,25H,4-7,10-11,18-19H2,1-3H3,(H,29,33). The topological polar surface area (TPSA) is 86.8 Å². The number of hydrogen-bond acceptors (Lipinski definition) is 4. The van der Waals surface area contributed by atoms with E-state index in [1.807, 2.05) is 32.0 Å². The fraction of sp³-hybridized carbons (Fsp3) is 0.481. The van der Waals surface area contributed by atoms with E-state index >= 15 is 0 Å². The first-order valence-corrected chi connectivity index (χ1v) is 14.7. The third-order valence-corrected chi connectivity index (χ3v) is 7.97. The lowest BCUT2D eigenvalue weighted by Crippen LogP contribution is -2.53. The Hall–Kier alpha value is -2.58. The highest BCUT2D eigenvalue weighted by molar-refractivity contribution is 7.92. The molecule has 3 rings (SSSR count). The van der Waals surface area contributed by atoms with Gasteiger partial charge in [0, 0.05) is 17.6 Å². The SMILES string of the molecule is CCC(C(=O)NC1CCCCC1)N(Cc1ccc(Cl)cc1)C(=O)CN(c1cccc(C)c1)S(C)(=O)=O. The molecule has 0 saturated heterocycles. The molecule has 0 aromatic heterocycles. The van der Waals surface area contributed by atoms with Gasteiger partial charge < -0.3 is 10.2 Å². The van der Waals surface area contributed by atoms with Gasteiger partial charge in [-0.25, -0.2) is 8.42 Å². The first kappa shape index (κ1) is 28.0. The zero-order chi connectivity index (χ0) is 26.3. The summed E-state index contributed by atoms with van der Waals surface area (Å²) >= 11 is 6.04. The summed E-state index contributed by atoms with van der Waals surface area (Å²) < 4.78 is 26.5. The Bertz CT molecular complexity index is 1150. The Morgan fingerprint density at radius 3 is 2.33 bits per heavy atom. The molecular formula is C27H36ClN3O4S. The summed E-state index contributed by atoms with van der Waals surface area (Å²) in [5.74, 6) is -0.643. The van der Waals surface area contributed by atoms with Gasteiger partial charge in [-0.3, -0.25) is 13.9 Å². The number of carbonyl (C=O) groups is 2. The highest BCUT2D eigenvalue weighted by Gasteiger charge is 2.32. The zero-order valence-electron chi connectivity index (χ0n) is 21.2. The number of rotatable bonds is 10. The molecule has 2 aromatic carbocycles. The van der Waals surface area contributed by atoms with Crippen molar-refractivity contribution in [2.75, 3.05) is 17.1 Å². The van der Waals surface area contributed by atoms with Gasteiger partial charge in [-0.2, -0.15) is 0 Å². The fourth-order valence-corrected chi connectivity index (χ4v) is 5.61. The van der Waals surface area contributed by atoms with Crippen LogP contribution in [0.1, 0.15) is 56.6 Å². The number of amides is 2. The fourth-order valence-electron chi connectivity index (χ4n) is 4.65. The summed E-state index contributed by atoms with van der Waals surface area (Å²) in [5, 5.41) is 3.71. The molecule has 0 heterocycles. The Labute approximate surface area is 219 Å². The van der Waals surface area contributed by atoms with Crippen LogP contribution >= 0.6 is 11.6 Å². The van der Waals surface area contributed by atoms with Gasteiger partial charge in [0.2, 0.25) is 21.8 Å². The molecule has 0 radical (unpaired) electrons. The lowest BCUT2D eigenvalue weighted by atomic mass is 9.95. The number of benzene rings is 2. The molecule has 0 spiro atoms. The van der Waals surface area contributed by atoms with Gasteiger partial charge in [0.15, 0.2) is 0 Å². The minimum absolute atomic E-state index is 0.104. The highest BCUT2D eigenvalue weighted by Crippen LogP contribution is 2.22. The van der Waals surface area contributed by atoms with Crippen molar-refractivity contribution in [3.05, 3.63) is 64.7 Å². The molecule has 1 aliphatic carbocycles. The molecular weight excluding hydrogens is 498 g/mol. The minimum atomic E-state index is -3.75. The van der Waals surface area contributed by atoms with E-state index in [9.17, 15) is 18.0 Å². The van der Waals surface area contributed by atoms with E-state index in [4.69, 9.17) is 11.6 Å². The van der Waals surface area contributed by atoms with E-state index in [1.54, 1.807) is 30.3 Å². The molecule has 1 fully saturated rings. The molecule has 2 aromatic rings. The van der Waals surface area contributed by atoms with Crippen LogP contribution in [-0.4, -0.2) is 50.0 Å². The zero-order valence-corrected chi connectivity index (χ0v) is 22.8. The largest absolute Gasteiger partial charge is 0.352 e. The number of halogens is 1. The summed E-state index contributed by atoms with van der Waals surface area (Å²) in [5.41, 5.74) is 2.10. The van der Waals surface area contributed by atoms with E-state index < -0.39 is 28.5 Å². The first-order valence-electron chi connectivity index (χ1n) is 12.5. The van der Waals surface area contributed by atoms with Crippen LogP contribution in [0.2, 0.25) is 5.02 Å². The second kappa shape index (κ2) is 12.6. The number of aryl methyl sites for hydroxylation is 1. The number of carbonyl (C=O) groups excluding carboxylic acids is 2. The van der Waals surface area contributed by atoms with Crippen molar-refractivity contribution in [2.24, 2.45) is 0 Å². The van der Waals surface area contributed by atoms with Crippen LogP contribution in [0.3, 0.4) is 0 Å². The van der Waals surface area contributed by atoms with Crippen molar-refractivity contribution >= 4 is 39.1 Å². The van der Waals surface area contributed by atoms with Gasteiger partial charge in [-0.05, 0) is 61.6 Å². The maximum Gasteiger partial charge on any atom is 0.244 e. The average Bonchev–Trinajstić information content (AvgIpc) is 2.83. The van der Waals surface area contributed by atoms with Crippen molar-refractivity contribution in [2.45, 2.75) is 71.0 Å². The van der Waals surface area contributed by atoms with Gasteiger partial charge in [0.1, 0.15) is 12.6 Å². The Morgan fingerprint density at radius 2 is 1.75 bits per heavy atom. The molecule has 2 amide bonds. The Kier molecular flexibility index (Phi) is 9.79.